The van der Waals surface area contributed by atoms with E-state index < -0.39 is 10.8 Å². The fourth-order valence-corrected chi connectivity index (χ4v) is 4.04. The normalized spacial score (nSPS) is 12.5. The molecule has 26 heavy (non-hydrogen) atoms. The first-order valence-electron chi connectivity index (χ1n) is 8.73. The number of nitrogens with zero attached hydrogens (tertiary/aromatic N) is 3. The molecule has 0 saturated heterocycles. The van der Waals surface area contributed by atoms with Gasteiger partial charge in [-0.2, -0.15) is 0 Å². The average Bonchev–Trinajstić information content (AvgIpc) is 3.03. The highest BCUT2D eigenvalue weighted by Crippen LogP contribution is 2.24. The zero-order valence-electron chi connectivity index (χ0n) is 15.1. The summed E-state index contributed by atoms with van der Waals surface area (Å²) in [5.74, 6) is 1.85. The Balaban J connectivity index is 1.81. The van der Waals surface area contributed by atoms with Crippen molar-refractivity contribution in [3.05, 3.63) is 47.9 Å². The topological polar surface area (TPSA) is 83.0 Å². The number of fused-ring (bicyclic) bond motifs is 1. The lowest BCUT2D eigenvalue weighted by molar-refractivity contribution is 0.126. The lowest BCUT2D eigenvalue weighted by Crippen LogP contribution is -2.09. The molecule has 0 amide bonds. The van der Waals surface area contributed by atoms with Gasteiger partial charge >= 0.3 is 0 Å². The first-order valence-corrected chi connectivity index (χ1v) is 10.0. The van der Waals surface area contributed by atoms with Gasteiger partial charge in [-0.25, -0.2) is 9.97 Å². The van der Waals surface area contributed by atoms with E-state index in [9.17, 15) is 4.21 Å². The minimum absolute atomic E-state index is 0.422. The van der Waals surface area contributed by atoms with Gasteiger partial charge in [0.05, 0.1) is 16.3 Å². The fraction of sp³-hybridized carbons (Fsp3) is 0.368. The Labute approximate surface area is 155 Å². The second-order valence-electron chi connectivity index (χ2n) is 6.06. The van der Waals surface area contributed by atoms with Crippen LogP contribution in [0.15, 0.2) is 41.4 Å². The van der Waals surface area contributed by atoms with Gasteiger partial charge in [0.25, 0.3) is 0 Å². The third kappa shape index (κ3) is 3.94. The maximum absolute atomic E-state index is 12.4. The third-order valence-electron chi connectivity index (χ3n) is 4.21. The highest BCUT2D eigenvalue weighted by Gasteiger charge is 2.16. The van der Waals surface area contributed by atoms with Crippen LogP contribution < -0.4 is 5.73 Å². The number of pyridine rings is 1. The molecule has 3 aromatic rings. The van der Waals surface area contributed by atoms with Gasteiger partial charge in [-0.15, -0.1) is 0 Å². The quantitative estimate of drug-likeness (QED) is 0.657. The van der Waals surface area contributed by atoms with E-state index in [1.54, 1.807) is 6.20 Å². The largest absolute Gasteiger partial charge is 0.382 e. The van der Waals surface area contributed by atoms with E-state index in [0.29, 0.717) is 36.8 Å². The van der Waals surface area contributed by atoms with Crippen molar-refractivity contribution in [2.75, 3.05) is 18.1 Å². The molecule has 0 bridgehead atoms. The van der Waals surface area contributed by atoms with Gasteiger partial charge in [0.2, 0.25) is 0 Å². The predicted octanol–water partition coefficient (Wildman–Crippen LogP) is 3.06. The lowest BCUT2D eigenvalue weighted by Gasteiger charge is -2.11. The van der Waals surface area contributed by atoms with Gasteiger partial charge in [-0.05, 0) is 38.0 Å². The van der Waals surface area contributed by atoms with Gasteiger partial charge in [0.15, 0.2) is 5.82 Å². The van der Waals surface area contributed by atoms with Gasteiger partial charge in [0, 0.05) is 30.0 Å². The molecular formula is C19H24N4O2S. The monoisotopic (exact) mass is 372 g/mol. The summed E-state index contributed by atoms with van der Waals surface area (Å²) in [6.45, 7) is 5.71. The number of hydrogen-bond donors (Lipinski definition) is 1. The molecule has 0 saturated carbocycles. The molecule has 0 aliphatic heterocycles. The molecule has 1 unspecified atom stereocenters. The third-order valence-corrected chi connectivity index (χ3v) is 5.67. The van der Waals surface area contributed by atoms with Crippen LogP contribution in [-0.4, -0.2) is 31.1 Å². The SMILES string of the molecule is CCOCc1nc2c(N)ncc(C)c2n1CCCS(=O)c1ccccc1. The number of nitrogens with two attached hydrogens (primary N) is 1. The van der Waals surface area contributed by atoms with Crippen LogP contribution in [0.2, 0.25) is 0 Å². The van der Waals surface area contributed by atoms with Crippen molar-refractivity contribution < 1.29 is 8.95 Å². The summed E-state index contributed by atoms with van der Waals surface area (Å²) in [6.07, 6.45) is 2.54. The Morgan fingerprint density at radius 3 is 2.77 bits per heavy atom. The number of ether oxygens (including phenoxy) is 1. The van der Waals surface area contributed by atoms with Crippen molar-refractivity contribution in [3.63, 3.8) is 0 Å². The number of aryl methyl sites for hydroxylation is 2. The first kappa shape index (κ1) is 18.5. The van der Waals surface area contributed by atoms with Gasteiger partial charge in [0.1, 0.15) is 17.9 Å². The first-order chi connectivity index (χ1) is 12.6. The summed E-state index contributed by atoms with van der Waals surface area (Å²) in [4.78, 5) is 9.71. The maximum Gasteiger partial charge on any atom is 0.151 e. The summed E-state index contributed by atoms with van der Waals surface area (Å²) < 4.78 is 20.1. The van der Waals surface area contributed by atoms with E-state index in [1.165, 1.54) is 0 Å². The molecule has 6 nitrogen and oxygen atoms in total. The Kier molecular flexibility index (Phi) is 6.00. The van der Waals surface area contributed by atoms with E-state index in [2.05, 4.69) is 14.5 Å². The molecule has 0 aliphatic rings. The molecule has 138 valence electrons. The molecule has 0 aliphatic carbocycles. The number of hydrogen-bond acceptors (Lipinski definition) is 5. The van der Waals surface area contributed by atoms with E-state index in [4.69, 9.17) is 10.5 Å². The predicted molar refractivity (Wildman–Crippen MR) is 104 cm³/mol. The molecule has 0 radical (unpaired) electrons. The minimum atomic E-state index is -1.00. The van der Waals surface area contributed by atoms with Crippen molar-refractivity contribution in [1.29, 1.82) is 0 Å². The molecular weight excluding hydrogens is 348 g/mol. The van der Waals surface area contributed by atoms with Gasteiger partial charge in [-0.3, -0.25) is 4.21 Å². The molecule has 0 fully saturated rings. The Morgan fingerprint density at radius 2 is 2.04 bits per heavy atom. The minimum Gasteiger partial charge on any atom is -0.382 e. The summed E-state index contributed by atoms with van der Waals surface area (Å²) in [5, 5.41) is 0. The number of anilines is 1. The highest BCUT2D eigenvalue weighted by molar-refractivity contribution is 7.85. The molecule has 1 aromatic carbocycles. The summed E-state index contributed by atoms with van der Waals surface area (Å²) in [7, 11) is -1.00. The van der Waals surface area contributed by atoms with E-state index in [-0.39, 0.29) is 0 Å². The van der Waals surface area contributed by atoms with Crippen LogP contribution in [0, 0.1) is 6.92 Å². The van der Waals surface area contributed by atoms with Crippen LogP contribution in [0.25, 0.3) is 11.0 Å². The van der Waals surface area contributed by atoms with Crippen LogP contribution >= 0.6 is 0 Å². The average molecular weight is 372 g/mol. The molecule has 3 rings (SSSR count). The standard InChI is InChI=1S/C19H24N4O2S/c1-3-25-13-16-22-17-18(14(2)12-21-19(17)20)23(16)10-7-11-26(24)15-8-5-4-6-9-15/h4-6,8-9,12H,3,7,10-11,13H2,1-2H3,(H2,20,21). The highest BCUT2D eigenvalue weighted by atomic mass is 32.2. The molecule has 2 heterocycles. The van der Waals surface area contributed by atoms with Gasteiger partial charge in [-0.1, -0.05) is 18.2 Å². The lowest BCUT2D eigenvalue weighted by atomic mass is 10.2. The van der Waals surface area contributed by atoms with Crippen LogP contribution in [0.5, 0.6) is 0 Å². The van der Waals surface area contributed by atoms with Crippen molar-refractivity contribution in [2.24, 2.45) is 0 Å². The second-order valence-corrected chi connectivity index (χ2v) is 7.63. The Bertz CT molecular complexity index is 909. The van der Waals surface area contributed by atoms with Crippen LogP contribution in [0.3, 0.4) is 0 Å². The van der Waals surface area contributed by atoms with E-state index in [0.717, 1.165) is 28.2 Å². The zero-order valence-corrected chi connectivity index (χ0v) is 16.0. The molecule has 2 N–H and O–H groups in total. The summed E-state index contributed by atoms with van der Waals surface area (Å²) >= 11 is 0. The fourth-order valence-electron chi connectivity index (χ4n) is 2.95. The number of rotatable bonds is 8. The smallest absolute Gasteiger partial charge is 0.151 e. The van der Waals surface area contributed by atoms with Gasteiger partial charge < -0.3 is 15.0 Å². The van der Waals surface area contributed by atoms with Crippen molar-refractivity contribution in [3.8, 4) is 0 Å². The van der Waals surface area contributed by atoms with Crippen LogP contribution in [0.1, 0.15) is 24.7 Å². The molecule has 1 atom stereocenters. The molecule has 2 aromatic heterocycles. The van der Waals surface area contributed by atoms with Crippen LogP contribution in [-0.2, 0) is 28.7 Å². The summed E-state index contributed by atoms with van der Waals surface area (Å²) in [5.41, 5.74) is 8.73. The Morgan fingerprint density at radius 1 is 1.27 bits per heavy atom. The number of nitrogen functional groups attached to an aromatic ring is 1. The van der Waals surface area contributed by atoms with E-state index >= 15 is 0 Å². The van der Waals surface area contributed by atoms with Crippen molar-refractivity contribution in [1.82, 2.24) is 14.5 Å². The molecule has 7 heteroatoms. The van der Waals surface area contributed by atoms with Crippen molar-refractivity contribution >= 4 is 27.7 Å². The Hall–Kier alpha value is -2.25. The number of aromatic nitrogens is 3. The molecule has 0 spiro atoms. The van der Waals surface area contributed by atoms with Crippen LogP contribution in [0.4, 0.5) is 5.82 Å². The zero-order chi connectivity index (χ0) is 18.5. The number of imidazole rings is 1. The maximum atomic E-state index is 12.4. The van der Waals surface area contributed by atoms with E-state index in [1.807, 2.05) is 44.2 Å². The van der Waals surface area contributed by atoms with Crippen molar-refractivity contribution in [2.45, 2.75) is 38.3 Å². The number of benzene rings is 1. The second kappa shape index (κ2) is 8.42. The summed E-state index contributed by atoms with van der Waals surface area (Å²) in [6, 6.07) is 9.56.